The molecule has 300 valence electrons. The highest BCUT2D eigenvalue weighted by Gasteiger charge is 2.47. The van der Waals surface area contributed by atoms with E-state index in [9.17, 15) is 0 Å². The fourth-order valence-electron chi connectivity index (χ4n) is 10.5. The van der Waals surface area contributed by atoms with Gasteiger partial charge in [-0.3, -0.25) is 0 Å². The molecule has 1 aliphatic carbocycles. The van der Waals surface area contributed by atoms with Gasteiger partial charge in [-0.25, -0.2) is 0 Å². The number of hydrogen-bond acceptors (Lipinski definition) is 1. The highest BCUT2D eigenvalue weighted by Crippen LogP contribution is 2.59. The van der Waals surface area contributed by atoms with Crippen LogP contribution in [0.1, 0.15) is 22.3 Å². The molecule has 1 heteroatoms. The molecule has 0 atom stereocenters. The molecule has 0 bridgehead atoms. The smallest absolute Gasteiger partial charge is 0.0714 e. The van der Waals surface area contributed by atoms with Crippen LogP contribution in [-0.2, 0) is 5.41 Å². The van der Waals surface area contributed by atoms with Gasteiger partial charge in [-0.05, 0) is 119 Å². The molecule has 0 saturated carbocycles. The predicted molar refractivity (Wildman–Crippen MR) is 270 cm³/mol. The first-order valence-electron chi connectivity index (χ1n) is 22.2. The van der Waals surface area contributed by atoms with Gasteiger partial charge in [0.25, 0.3) is 0 Å². The van der Waals surface area contributed by atoms with Gasteiger partial charge >= 0.3 is 0 Å². The minimum atomic E-state index is -0.509. The number of benzene rings is 11. The van der Waals surface area contributed by atoms with Crippen molar-refractivity contribution < 1.29 is 0 Å². The Kier molecular flexibility index (Phi) is 9.13. The predicted octanol–water partition coefficient (Wildman–Crippen LogP) is 16.8. The van der Waals surface area contributed by atoms with Crippen LogP contribution >= 0.6 is 0 Å². The molecule has 11 aromatic rings. The summed E-state index contributed by atoms with van der Waals surface area (Å²) in [7, 11) is 0. The van der Waals surface area contributed by atoms with Crippen molar-refractivity contribution in [1.82, 2.24) is 0 Å². The van der Waals surface area contributed by atoms with Gasteiger partial charge in [0.2, 0.25) is 0 Å². The molecule has 1 aliphatic rings. The zero-order valence-corrected chi connectivity index (χ0v) is 35.3. The van der Waals surface area contributed by atoms with Crippen LogP contribution in [-0.4, -0.2) is 0 Å². The minimum absolute atomic E-state index is 0.509. The van der Waals surface area contributed by atoms with Gasteiger partial charge in [0.1, 0.15) is 0 Å². The van der Waals surface area contributed by atoms with E-state index in [0.717, 1.165) is 17.1 Å². The summed E-state index contributed by atoms with van der Waals surface area (Å²) < 4.78 is 0. The summed E-state index contributed by atoms with van der Waals surface area (Å²) in [5.41, 5.74) is 17.6. The molecule has 0 heterocycles. The molecule has 12 rings (SSSR count). The highest BCUT2D eigenvalue weighted by atomic mass is 15.1. The Balaban J connectivity index is 1.05. The lowest BCUT2D eigenvalue weighted by atomic mass is 9.68. The topological polar surface area (TPSA) is 3.24 Å². The average Bonchev–Trinajstić information content (AvgIpc) is 3.69. The molecule has 11 aromatic carbocycles. The van der Waals surface area contributed by atoms with Crippen molar-refractivity contribution in [1.29, 1.82) is 0 Å². The Morgan fingerprint density at radius 3 is 1.44 bits per heavy atom. The van der Waals surface area contributed by atoms with Crippen molar-refractivity contribution >= 4 is 38.6 Å². The lowest BCUT2D eigenvalue weighted by Crippen LogP contribution is -2.28. The Hall–Kier alpha value is -8.26. The SMILES string of the molecule is c1ccc(C2(c3ccccc3)c3ccccc3-c3c(N(c4ccc(-c5ccccc5-c5ccc6ccccc6c5)cc4)c4ccc(-c5cccc6ccccc56)cc4)cccc32)cc1. The van der Waals surface area contributed by atoms with Crippen LogP contribution in [0.25, 0.3) is 66.1 Å². The summed E-state index contributed by atoms with van der Waals surface area (Å²) in [6.07, 6.45) is 0. The second-order valence-electron chi connectivity index (χ2n) is 16.8. The fraction of sp³-hybridized carbons (Fsp3) is 0.0159. The number of hydrogen-bond donors (Lipinski definition) is 0. The second-order valence-corrected chi connectivity index (χ2v) is 16.8. The maximum atomic E-state index is 2.47. The molecular weight excluding hydrogens is 771 g/mol. The van der Waals surface area contributed by atoms with E-state index >= 15 is 0 Å². The molecule has 0 N–H and O–H groups in total. The van der Waals surface area contributed by atoms with E-state index in [2.05, 4.69) is 266 Å². The second kappa shape index (κ2) is 15.6. The minimum Gasteiger partial charge on any atom is -0.310 e. The molecule has 0 aliphatic heterocycles. The summed E-state index contributed by atoms with van der Waals surface area (Å²) in [4.78, 5) is 2.47. The highest BCUT2D eigenvalue weighted by molar-refractivity contribution is 6.00. The largest absolute Gasteiger partial charge is 0.310 e. The molecular formula is C63H43N. The van der Waals surface area contributed by atoms with Gasteiger partial charge in [0.15, 0.2) is 0 Å². The third-order valence-electron chi connectivity index (χ3n) is 13.4. The normalized spacial score (nSPS) is 12.5. The van der Waals surface area contributed by atoms with Crippen molar-refractivity contribution in [2.75, 3.05) is 4.90 Å². The first-order chi connectivity index (χ1) is 31.8. The van der Waals surface area contributed by atoms with E-state index in [4.69, 9.17) is 0 Å². The van der Waals surface area contributed by atoms with E-state index in [-0.39, 0.29) is 0 Å². The maximum Gasteiger partial charge on any atom is 0.0714 e. The molecule has 0 amide bonds. The summed E-state index contributed by atoms with van der Waals surface area (Å²) in [5, 5.41) is 4.99. The number of fused-ring (bicyclic) bond motifs is 5. The Labute approximate surface area is 374 Å². The summed E-state index contributed by atoms with van der Waals surface area (Å²) in [6, 6.07) is 95.8. The first kappa shape index (κ1) is 37.5. The van der Waals surface area contributed by atoms with Crippen LogP contribution in [0.15, 0.2) is 261 Å². The van der Waals surface area contributed by atoms with Crippen LogP contribution in [0.3, 0.4) is 0 Å². The van der Waals surface area contributed by atoms with Crippen LogP contribution < -0.4 is 4.90 Å². The number of anilines is 3. The Morgan fingerprint density at radius 1 is 0.281 bits per heavy atom. The van der Waals surface area contributed by atoms with E-state index < -0.39 is 5.41 Å². The quantitative estimate of drug-likeness (QED) is 0.148. The number of nitrogens with zero attached hydrogens (tertiary/aromatic N) is 1. The van der Waals surface area contributed by atoms with E-state index in [0.29, 0.717) is 0 Å². The molecule has 0 saturated heterocycles. The molecule has 0 radical (unpaired) electrons. The molecule has 0 unspecified atom stereocenters. The van der Waals surface area contributed by atoms with Gasteiger partial charge in [0, 0.05) is 16.9 Å². The molecule has 0 aromatic heterocycles. The third kappa shape index (κ3) is 6.08. The van der Waals surface area contributed by atoms with Gasteiger partial charge in [0.05, 0.1) is 11.1 Å². The maximum absolute atomic E-state index is 2.47. The van der Waals surface area contributed by atoms with Gasteiger partial charge in [-0.15, -0.1) is 0 Å². The summed E-state index contributed by atoms with van der Waals surface area (Å²) in [5.74, 6) is 0. The monoisotopic (exact) mass is 813 g/mol. The van der Waals surface area contributed by atoms with Gasteiger partial charge in [-0.1, -0.05) is 224 Å². The van der Waals surface area contributed by atoms with Crippen molar-refractivity contribution in [3.63, 3.8) is 0 Å². The van der Waals surface area contributed by atoms with Crippen LogP contribution in [0.5, 0.6) is 0 Å². The van der Waals surface area contributed by atoms with Crippen molar-refractivity contribution in [2.24, 2.45) is 0 Å². The van der Waals surface area contributed by atoms with Gasteiger partial charge < -0.3 is 4.90 Å². The van der Waals surface area contributed by atoms with Crippen LogP contribution in [0, 0.1) is 0 Å². The zero-order valence-electron chi connectivity index (χ0n) is 35.3. The first-order valence-corrected chi connectivity index (χ1v) is 22.2. The lowest BCUT2D eigenvalue weighted by Gasteiger charge is -2.34. The van der Waals surface area contributed by atoms with Crippen molar-refractivity contribution in [3.8, 4) is 44.5 Å². The standard InChI is InChI=1S/C63H43N/c1-3-21-50(22-4-1)63(51-23-5-2-6-24-51)59-30-14-13-28-58(59)62-60(63)31-16-32-61(62)64(53-41-37-47(38-42-53)56-29-15-20-45-18-9-10-25-54(45)56)52-39-35-46(36-40-52)55-26-11-12-27-57(55)49-34-33-44-17-7-8-19-48(44)43-49/h1-43H. The van der Waals surface area contributed by atoms with E-state index in [1.807, 2.05) is 0 Å². The lowest BCUT2D eigenvalue weighted by molar-refractivity contribution is 0.768. The molecule has 0 fully saturated rings. The van der Waals surface area contributed by atoms with Gasteiger partial charge in [-0.2, -0.15) is 0 Å². The summed E-state index contributed by atoms with van der Waals surface area (Å²) in [6.45, 7) is 0. The Bertz CT molecular complexity index is 3430. The van der Waals surface area contributed by atoms with Crippen molar-refractivity contribution in [2.45, 2.75) is 5.41 Å². The third-order valence-corrected chi connectivity index (χ3v) is 13.4. The molecule has 0 spiro atoms. The zero-order chi connectivity index (χ0) is 42.5. The van der Waals surface area contributed by atoms with Crippen LogP contribution in [0.4, 0.5) is 17.1 Å². The van der Waals surface area contributed by atoms with E-state index in [1.54, 1.807) is 0 Å². The van der Waals surface area contributed by atoms with E-state index in [1.165, 1.54) is 88.3 Å². The fourth-order valence-corrected chi connectivity index (χ4v) is 10.5. The van der Waals surface area contributed by atoms with Crippen molar-refractivity contribution in [3.05, 3.63) is 283 Å². The Morgan fingerprint density at radius 2 is 0.750 bits per heavy atom. The molecule has 1 nitrogen and oxygen atoms in total. The molecule has 64 heavy (non-hydrogen) atoms. The van der Waals surface area contributed by atoms with Crippen LogP contribution in [0.2, 0.25) is 0 Å². The summed E-state index contributed by atoms with van der Waals surface area (Å²) >= 11 is 0. The number of rotatable bonds is 8. The average molecular weight is 814 g/mol.